The van der Waals surface area contributed by atoms with Crippen LogP contribution in [0.15, 0.2) is 35.5 Å². The maximum absolute atomic E-state index is 14.8. The van der Waals surface area contributed by atoms with E-state index in [1.54, 1.807) is 13.0 Å². The monoisotopic (exact) mass is 425 g/mol. The molecule has 2 heterocycles. The van der Waals surface area contributed by atoms with Gasteiger partial charge in [0.1, 0.15) is 30.6 Å². The Morgan fingerprint density at radius 3 is 2.76 bits per heavy atom. The second-order valence-corrected chi connectivity index (χ2v) is 7.54. The number of carbonyl (C=O) groups excluding carboxylic acids is 1. The number of benzene rings is 1. The molecular formula is C20H19ClF3N3O2. The number of aryl methyl sites for hydroxylation is 1. The Bertz CT molecular complexity index is 997. The topological polar surface area (TPSA) is 77.6 Å². The Hall–Kier alpha value is -2.45. The molecule has 9 heteroatoms. The standard InChI is InChI=1S/C20H19ClF3N3O2/c1-11-5-13(21)8-26-18(11)16(28)7-12-3-4-15(22)14(6-12)19(2)20(23,24)10-29-9-17(25)27-19/h3-6,8H,7,9-10H2,1-2H3,(H2,25,27)/t19-/m1/s1. The van der Waals surface area contributed by atoms with Gasteiger partial charge in [0.05, 0.1) is 5.02 Å². The average molecular weight is 426 g/mol. The molecule has 1 aromatic carbocycles. The highest BCUT2D eigenvalue weighted by Gasteiger charge is 2.54. The van der Waals surface area contributed by atoms with E-state index in [1.165, 1.54) is 18.3 Å². The van der Waals surface area contributed by atoms with Gasteiger partial charge >= 0.3 is 0 Å². The van der Waals surface area contributed by atoms with Crippen LogP contribution in [-0.2, 0) is 16.7 Å². The van der Waals surface area contributed by atoms with Crippen molar-refractivity contribution in [2.75, 3.05) is 13.2 Å². The fourth-order valence-corrected chi connectivity index (χ4v) is 3.45. The van der Waals surface area contributed by atoms with Gasteiger partial charge in [-0.05, 0) is 43.2 Å². The Balaban J connectivity index is 2.00. The molecule has 0 saturated heterocycles. The van der Waals surface area contributed by atoms with Crippen molar-refractivity contribution in [3.8, 4) is 0 Å². The number of aromatic nitrogens is 1. The number of pyridine rings is 1. The molecule has 29 heavy (non-hydrogen) atoms. The van der Waals surface area contributed by atoms with Crippen molar-refractivity contribution in [2.45, 2.75) is 31.7 Å². The van der Waals surface area contributed by atoms with Crippen molar-refractivity contribution >= 4 is 23.2 Å². The van der Waals surface area contributed by atoms with E-state index in [1.807, 2.05) is 0 Å². The van der Waals surface area contributed by atoms with Gasteiger partial charge in [-0.25, -0.2) is 13.2 Å². The Kier molecular flexibility index (Phi) is 5.69. The lowest BCUT2D eigenvalue weighted by Gasteiger charge is -2.33. The fraction of sp³-hybridized carbons (Fsp3) is 0.350. The first-order valence-corrected chi connectivity index (χ1v) is 9.15. The molecule has 3 rings (SSSR count). The Morgan fingerprint density at radius 2 is 2.07 bits per heavy atom. The number of nitrogens with two attached hydrogens (primary N) is 1. The minimum Gasteiger partial charge on any atom is -0.385 e. The molecule has 2 aromatic rings. The van der Waals surface area contributed by atoms with Crippen LogP contribution in [0.25, 0.3) is 0 Å². The number of ketones is 1. The minimum atomic E-state index is -3.51. The smallest absolute Gasteiger partial charge is 0.299 e. The van der Waals surface area contributed by atoms with Gasteiger partial charge in [0.2, 0.25) is 0 Å². The molecule has 154 valence electrons. The third-order valence-corrected chi connectivity index (χ3v) is 5.05. The van der Waals surface area contributed by atoms with Gasteiger partial charge in [0.15, 0.2) is 11.3 Å². The highest BCUT2D eigenvalue weighted by molar-refractivity contribution is 6.30. The number of hydrogen-bond donors (Lipinski definition) is 1. The lowest BCUT2D eigenvalue weighted by molar-refractivity contribution is -0.116. The molecule has 1 aromatic heterocycles. The number of nitrogens with zero attached hydrogens (tertiary/aromatic N) is 2. The molecule has 0 bridgehead atoms. The Labute approximate surface area is 170 Å². The summed E-state index contributed by atoms with van der Waals surface area (Å²) >= 11 is 5.85. The van der Waals surface area contributed by atoms with Crippen LogP contribution in [0.4, 0.5) is 13.2 Å². The van der Waals surface area contributed by atoms with E-state index in [4.69, 9.17) is 22.1 Å². The molecule has 0 spiro atoms. The Morgan fingerprint density at radius 1 is 1.34 bits per heavy atom. The summed E-state index contributed by atoms with van der Waals surface area (Å²) in [6.45, 7) is 1.56. The molecule has 0 aliphatic carbocycles. The number of halogens is 4. The highest BCUT2D eigenvalue weighted by Crippen LogP contribution is 2.43. The average Bonchev–Trinajstić information content (AvgIpc) is 2.72. The summed E-state index contributed by atoms with van der Waals surface area (Å²) < 4.78 is 48.9. The number of alkyl halides is 2. The number of hydrogen-bond acceptors (Lipinski definition) is 5. The van der Waals surface area contributed by atoms with Gasteiger partial charge in [0, 0.05) is 18.2 Å². The summed E-state index contributed by atoms with van der Waals surface area (Å²) in [5, 5.41) is 0.393. The normalized spacial score (nSPS) is 21.4. The molecule has 1 atom stereocenters. The first kappa shape index (κ1) is 21.3. The third-order valence-electron chi connectivity index (χ3n) is 4.84. The molecule has 1 aliphatic rings. The molecule has 0 amide bonds. The van der Waals surface area contributed by atoms with E-state index in [0.29, 0.717) is 16.1 Å². The van der Waals surface area contributed by atoms with Crippen molar-refractivity contribution in [1.82, 2.24) is 4.98 Å². The summed E-state index contributed by atoms with van der Waals surface area (Å²) in [6.07, 6.45) is 1.20. The number of carbonyl (C=O) groups is 1. The van der Waals surface area contributed by atoms with Gasteiger partial charge in [0.25, 0.3) is 5.92 Å². The quantitative estimate of drug-likeness (QED) is 0.755. The molecule has 0 saturated carbocycles. The summed E-state index contributed by atoms with van der Waals surface area (Å²) in [6, 6.07) is 5.22. The van der Waals surface area contributed by atoms with Crippen LogP contribution in [0, 0.1) is 12.7 Å². The predicted octanol–water partition coefficient (Wildman–Crippen LogP) is 3.85. The zero-order valence-corrected chi connectivity index (χ0v) is 16.6. The van der Waals surface area contributed by atoms with Gasteiger partial charge in [-0.2, -0.15) is 0 Å². The van der Waals surface area contributed by atoms with Gasteiger partial charge in [-0.3, -0.25) is 14.8 Å². The van der Waals surface area contributed by atoms with Gasteiger partial charge in [-0.15, -0.1) is 0 Å². The number of amidine groups is 1. The van der Waals surface area contributed by atoms with E-state index in [2.05, 4.69) is 9.98 Å². The SMILES string of the molecule is Cc1cc(Cl)cnc1C(=O)Cc1ccc(F)c([C@@]2(C)N=C(N)COCC2(F)F)c1. The van der Waals surface area contributed by atoms with E-state index in [-0.39, 0.29) is 35.9 Å². The van der Waals surface area contributed by atoms with Crippen LogP contribution in [0.3, 0.4) is 0 Å². The second-order valence-electron chi connectivity index (χ2n) is 7.11. The lowest BCUT2D eigenvalue weighted by Crippen LogP contribution is -2.45. The molecule has 1 aliphatic heterocycles. The predicted molar refractivity (Wildman–Crippen MR) is 103 cm³/mol. The highest BCUT2D eigenvalue weighted by atomic mass is 35.5. The van der Waals surface area contributed by atoms with E-state index < -0.39 is 23.9 Å². The number of aliphatic imine (C=N–C) groups is 1. The number of rotatable bonds is 4. The summed E-state index contributed by atoms with van der Waals surface area (Å²) in [7, 11) is 0. The second kappa shape index (κ2) is 7.76. The minimum absolute atomic E-state index is 0.153. The van der Waals surface area contributed by atoms with Crippen LogP contribution >= 0.6 is 11.6 Å². The van der Waals surface area contributed by atoms with E-state index in [9.17, 15) is 18.0 Å². The number of Topliss-reactive ketones (excluding diaryl/α,β-unsaturated/α-hetero) is 1. The van der Waals surface area contributed by atoms with Gasteiger partial charge < -0.3 is 10.5 Å². The molecule has 2 N–H and O–H groups in total. The first-order chi connectivity index (χ1) is 13.5. The zero-order chi connectivity index (χ0) is 21.4. The maximum Gasteiger partial charge on any atom is 0.299 e. The van der Waals surface area contributed by atoms with Crippen molar-refractivity contribution in [2.24, 2.45) is 10.7 Å². The van der Waals surface area contributed by atoms with Crippen LogP contribution in [-0.4, -0.2) is 35.7 Å². The lowest BCUT2D eigenvalue weighted by atomic mass is 9.84. The zero-order valence-electron chi connectivity index (χ0n) is 15.8. The van der Waals surface area contributed by atoms with Crippen molar-refractivity contribution in [3.63, 3.8) is 0 Å². The summed E-state index contributed by atoms with van der Waals surface area (Å²) in [5.41, 5.74) is 4.15. The molecule has 0 unspecified atom stereocenters. The molecular weight excluding hydrogens is 407 g/mol. The first-order valence-electron chi connectivity index (χ1n) is 8.77. The third kappa shape index (κ3) is 4.13. The van der Waals surface area contributed by atoms with Gasteiger partial charge in [-0.1, -0.05) is 17.7 Å². The molecule has 0 radical (unpaired) electrons. The van der Waals surface area contributed by atoms with Crippen LogP contribution in [0.1, 0.15) is 34.1 Å². The largest absolute Gasteiger partial charge is 0.385 e. The maximum atomic E-state index is 14.8. The molecule has 0 fully saturated rings. The van der Waals surface area contributed by atoms with Crippen LogP contribution in [0.2, 0.25) is 5.02 Å². The summed E-state index contributed by atoms with van der Waals surface area (Å²) in [4.78, 5) is 20.5. The van der Waals surface area contributed by atoms with Crippen molar-refractivity contribution in [3.05, 3.63) is 63.7 Å². The van der Waals surface area contributed by atoms with E-state index >= 15 is 0 Å². The van der Waals surface area contributed by atoms with Crippen molar-refractivity contribution in [1.29, 1.82) is 0 Å². The number of ether oxygens (including phenoxy) is 1. The fourth-order valence-electron chi connectivity index (χ4n) is 3.24. The van der Waals surface area contributed by atoms with E-state index in [0.717, 1.165) is 13.0 Å². The van der Waals surface area contributed by atoms with Crippen molar-refractivity contribution < 1.29 is 22.7 Å². The molecule has 5 nitrogen and oxygen atoms in total. The summed E-state index contributed by atoms with van der Waals surface area (Å²) in [5.74, 6) is -4.89. The van der Waals surface area contributed by atoms with Crippen LogP contribution in [0.5, 0.6) is 0 Å². The van der Waals surface area contributed by atoms with Crippen LogP contribution < -0.4 is 5.73 Å².